The Hall–Kier alpha value is 0.0121. The zero-order valence-electron chi connectivity index (χ0n) is 12.1. The van der Waals surface area contributed by atoms with Gasteiger partial charge in [0.15, 0.2) is 0 Å². The number of anilines is 1. The molecule has 0 bridgehead atoms. The summed E-state index contributed by atoms with van der Waals surface area (Å²) >= 11 is 7.60. The Labute approximate surface area is 154 Å². The summed E-state index contributed by atoms with van der Waals surface area (Å²) in [6, 6.07) is 4.20. The van der Waals surface area contributed by atoms with Crippen molar-refractivity contribution in [1.82, 2.24) is 12.3 Å². The predicted octanol–water partition coefficient (Wildman–Crippen LogP) is 2.26. The van der Waals surface area contributed by atoms with Gasteiger partial charge >= 0.3 is 156 Å². The first-order chi connectivity index (χ1) is 10.6. The Bertz CT molecular complexity index is 784. The van der Waals surface area contributed by atoms with Crippen LogP contribution in [0.1, 0.15) is 6.92 Å². The number of halogens is 1. The standard InChI is InChI=1S/C13H14BrN4O.PS.Tl/c1-9(19)17-4-6-18(7-5-17)12-3-2-10-11(14)8-15-13(10)16-12;1-2;/h2-3,8H,4-7H2,1H3;;/q2*-1;+3. The summed E-state index contributed by atoms with van der Waals surface area (Å²) < 4.78 is 4.49. The Morgan fingerprint density at radius 1 is 1.36 bits per heavy atom. The molecule has 1 aliphatic heterocycles. The van der Waals surface area contributed by atoms with Crippen molar-refractivity contribution in [2.24, 2.45) is 0 Å². The molecule has 0 aromatic carbocycles. The van der Waals surface area contributed by atoms with Crippen LogP contribution in [-0.2, 0) is 16.6 Å². The average molecular weight is 590 g/mol. The first-order valence-electron chi connectivity index (χ1n) is 6.93. The summed E-state index contributed by atoms with van der Waals surface area (Å²) in [5.74, 6) is 1.15. The third-order valence-electron chi connectivity index (χ3n) is 3.84. The van der Waals surface area contributed by atoms with Crippen LogP contribution in [0.25, 0.3) is 11.0 Å². The van der Waals surface area contributed by atoms with Crippen LogP contribution in [0.15, 0.2) is 22.8 Å². The predicted molar refractivity (Wildman–Crippen MR) is 97.3 cm³/mol. The van der Waals surface area contributed by atoms with Crippen molar-refractivity contribution in [2.75, 3.05) is 31.1 Å². The summed E-state index contributed by atoms with van der Waals surface area (Å²) in [5.41, 5.74) is 1.05. The molecule has 3 rings (SSSR count). The van der Waals surface area contributed by atoms with Crippen LogP contribution in [0.2, 0.25) is 0 Å². The van der Waals surface area contributed by atoms with Crippen LogP contribution < -0.4 is 4.90 Å². The van der Waals surface area contributed by atoms with Gasteiger partial charge in [-0.1, -0.05) is 0 Å². The molecule has 0 spiro atoms. The minimum absolute atomic E-state index is 0.152. The Morgan fingerprint density at radius 3 is 2.73 bits per heavy atom. The van der Waals surface area contributed by atoms with Crippen molar-refractivity contribution in [3.05, 3.63) is 22.8 Å². The maximum atomic E-state index is 11.4. The molecule has 1 aliphatic rings. The van der Waals surface area contributed by atoms with E-state index in [0.29, 0.717) is 0 Å². The van der Waals surface area contributed by atoms with Crippen molar-refractivity contribution >= 4 is 77.9 Å². The number of carbonyl (C=O) groups is 1. The van der Waals surface area contributed by atoms with Gasteiger partial charge in [0.1, 0.15) is 0 Å². The SMILES string of the molecule is CC(=O)N1CCN(c2ccc3c(Br)c[n]([Tl]=[P+]=S)c3n2)CC1. The van der Waals surface area contributed by atoms with Gasteiger partial charge in [0.2, 0.25) is 0 Å². The van der Waals surface area contributed by atoms with Gasteiger partial charge in [-0.25, -0.2) is 0 Å². The molecule has 2 aromatic rings. The van der Waals surface area contributed by atoms with Crippen LogP contribution >= 0.6 is 19.9 Å². The number of nitrogens with zero attached hydrogens (tertiary/aromatic N) is 4. The molecular weight excluding hydrogens is 575 g/mol. The third kappa shape index (κ3) is 3.42. The van der Waals surface area contributed by atoms with Crippen LogP contribution in [0.4, 0.5) is 5.82 Å². The van der Waals surface area contributed by atoms with Crippen molar-refractivity contribution in [1.29, 1.82) is 0 Å². The Balaban J connectivity index is 1.91. The number of hydrogen-bond donors (Lipinski definition) is 0. The number of pyridine rings is 1. The van der Waals surface area contributed by atoms with Gasteiger partial charge in [0, 0.05) is 0 Å². The van der Waals surface area contributed by atoms with Gasteiger partial charge in [-0.2, -0.15) is 0 Å². The van der Waals surface area contributed by atoms with Crippen LogP contribution in [0, 0.1) is 0 Å². The molecule has 5 nitrogen and oxygen atoms in total. The molecule has 1 saturated heterocycles. The molecule has 0 atom stereocenters. The molecule has 0 saturated carbocycles. The molecule has 0 N–H and O–H groups in total. The van der Waals surface area contributed by atoms with E-state index in [0.717, 1.165) is 51.5 Å². The van der Waals surface area contributed by atoms with E-state index in [4.69, 9.17) is 16.8 Å². The van der Waals surface area contributed by atoms with Gasteiger partial charge < -0.3 is 0 Å². The second-order valence-corrected chi connectivity index (χ2v) is 19.3. The molecule has 3 heterocycles. The molecule has 0 radical (unpaired) electrons. The van der Waals surface area contributed by atoms with E-state index in [1.807, 2.05) is 4.90 Å². The minimum atomic E-state index is -1.17. The summed E-state index contributed by atoms with van der Waals surface area (Å²) in [5, 5.41) is 1.15. The first kappa shape index (κ1) is 16.9. The molecular formula is C13H14BrN4OPSTl+. The zero-order chi connectivity index (χ0) is 15.7. The molecule has 0 unspecified atom stereocenters. The van der Waals surface area contributed by atoms with Crippen LogP contribution in [-0.4, -0.2) is 67.7 Å². The third-order valence-corrected chi connectivity index (χ3v) is 12.8. The molecule has 0 aliphatic carbocycles. The van der Waals surface area contributed by atoms with E-state index in [1.165, 1.54) is 0 Å². The number of aromatic nitrogens is 2. The summed E-state index contributed by atoms with van der Waals surface area (Å²) in [6.07, 6.45) is 2.13. The topological polar surface area (TPSA) is 41.4 Å². The van der Waals surface area contributed by atoms with Crippen molar-refractivity contribution in [2.45, 2.75) is 6.92 Å². The van der Waals surface area contributed by atoms with Crippen LogP contribution in [0.5, 0.6) is 0 Å². The summed E-state index contributed by atoms with van der Waals surface area (Å²) in [6.45, 7) is 4.84. The number of piperazine rings is 1. The van der Waals surface area contributed by atoms with Gasteiger partial charge in [-0.3, -0.25) is 0 Å². The van der Waals surface area contributed by atoms with Crippen molar-refractivity contribution < 1.29 is 4.79 Å². The molecule has 9 heteroatoms. The van der Waals surface area contributed by atoms with Crippen molar-refractivity contribution in [3.63, 3.8) is 0 Å². The molecule has 2 aromatic heterocycles. The van der Waals surface area contributed by atoms with E-state index in [1.54, 1.807) is 6.92 Å². The fourth-order valence-electron chi connectivity index (χ4n) is 2.64. The quantitative estimate of drug-likeness (QED) is 0.399. The number of rotatable bonds is 2. The number of fused-ring (bicyclic) bond motifs is 1. The number of carbonyl (C=O) groups excluding carboxylic acids is 1. The normalized spacial score (nSPS) is 15.0. The molecule has 22 heavy (non-hydrogen) atoms. The monoisotopic (exact) mass is 589 g/mol. The Morgan fingerprint density at radius 2 is 2.09 bits per heavy atom. The average Bonchev–Trinajstić information content (AvgIpc) is 2.84. The second kappa shape index (κ2) is 7.27. The first-order valence-corrected chi connectivity index (χ1v) is 17.7. The molecule has 1 amide bonds. The van der Waals surface area contributed by atoms with E-state index >= 15 is 0 Å². The van der Waals surface area contributed by atoms with Crippen molar-refractivity contribution in [3.8, 4) is 0 Å². The van der Waals surface area contributed by atoms with E-state index < -0.39 is 23.4 Å². The van der Waals surface area contributed by atoms with Gasteiger partial charge in [0.25, 0.3) is 0 Å². The van der Waals surface area contributed by atoms with E-state index in [-0.39, 0.29) is 5.91 Å². The Kier molecular flexibility index (Phi) is 5.57. The number of amides is 1. The molecule has 1 fully saturated rings. The fourth-order valence-corrected chi connectivity index (χ4v) is 11.6. The fraction of sp³-hybridized carbons (Fsp3) is 0.385. The summed E-state index contributed by atoms with van der Waals surface area (Å²) in [4.78, 5) is 20.4. The van der Waals surface area contributed by atoms with E-state index in [9.17, 15) is 4.79 Å². The second-order valence-electron chi connectivity index (χ2n) is 5.14. The maximum absolute atomic E-state index is 11.4. The number of hydrogen-bond acceptors (Lipinski definition) is 4. The van der Waals surface area contributed by atoms with Gasteiger partial charge in [0.05, 0.1) is 0 Å². The van der Waals surface area contributed by atoms with E-state index in [2.05, 4.69) is 41.5 Å². The van der Waals surface area contributed by atoms with Crippen LogP contribution in [0.3, 0.4) is 0 Å². The summed E-state index contributed by atoms with van der Waals surface area (Å²) in [7, 11) is 0. The molecule has 112 valence electrons. The zero-order valence-corrected chi connectivity index (χ0v) is 19.9. The van der Waals surface area contributed by atoms with Gasteiger partial charge in [-0.15, -0.1) is 0 Å². The van der Waals surface area contributed by atoms with Gasteiger partial charge in [-0.05, 0) is 0 Å².